The smallest absolute Gasteiger partial charge is 0.123 e. The molecule has 2 aliphatic rings. The number of nitrogens with zero attached hydrogens (tertiary/aromatic N) is 2. The van der Waals surface area contributed by atoms with Gasteiger partial charge in [0.1, 0.15) is 5.82 Å². The maximum atomic E-state index is 13.1. The zero-order valence-electron chi connectivity index (χ0n) is 21.4. The Morgan fingerprint density at radius 2 is 1.69 bits per heavy atom. The van der Waals surface area contributed by atoms with Gasteiger partial charge in [-0.15, -0.1) is 6.58 Å². The molecule has 2 nitrogen and oxygen atoms in total. The van der Waals surface area contributed by atoms with E-state index in [1.165, 1.54) is 74.7 Å². The van der Waals surface area contributed by atoms with Gasteiger partial charge >= 0.3 is 0 Å². The summed E-state index contributed by atoms with van der Waals surface area (Å²) in [4.78, 5) is 7.18. The molecule has 3 aromatic rings. The SMILES string of the molecule is C=CC(c1ccc2c(c1)CCC(CC1CCN(CCc3ccc(F)cc3)CC1)CC2)c1ccccn1.[HH]. The van der Waals surface area contributed by atoms with Crippen LogP contribution in [-0.2, 0) is 19.3 Å². The number of benzene rings is 2. The third kappa shape index (κ3) is 6.31. The van der Waals surface area contributed by atoms with Crippen LogP contribution in [0.4, 0.5) is 4.39 Å². The molecule has 5 rings (SSSR count). The first-order valence-corrected chi connectivity index (χ1v) is 13.8. The standard InChI is InChI=1S/C33H39FN2.H2/c1-2-32(33-5-3-4-19-35-33)30-13-12-28-10-6-26(7-11-29(28)24-30)23-27-17-21-36(22-18-27)20-16-25-8-14-31(34)15-9-25;/h2-5,8-9,12-15,19,24,26-27,32H,1,6-7,10-11,16-18,20-23H2;1H. The number of hydrogen-bond acceptors (Lipinski definition) is 2. The maximum Gasteiger partial charge on any atom is 0.123 e. The fourth-order valence-corrected chi connectivity index (χ4v) is 6.26. The van der Waals surface area contributed by atoms with Crippen molar-refractivity contribution in [3.8, 4) is 0 Å². The van der Waals surface area contributed by atoms with Gasteiger partial charge in [-0.05, 0) is 123 Å². The van der Waals surface area contributed by atoms with E-state index in [4.69, 9.17) is 0 Å². The van der Waals surface area contributed by atoms with Crippen LogP contribution < -0.4 is 0 Å². The summed E-state index contributed by atoms with van der Waals surface area (Å²) >= 11 is 0. The second-order valence-corrected chi connectivity index (χ2v) is 10.8. The van der Waals surface area contributed by atoms with Gasteiger partial charge in [-0.3, -0.25) is 4.98 Å². The fraction of sp³-hybridized carbons (Fsp3) is 0.424. The van der Waals surface area contributed by atoms with Crippen LogP contribution in [0.3, 0.4) is 0 Å². The van der Waals surface area contributed by atoms with E-state index in [1.807, 2.05) is 30.5 Å². The van der Waals surface area contributed by atoms with Gasteiger partial charge in [-0.25, -0.2) is 4.39 Å². The van der Waals surface area contributed by atoms with Gasteiger partial charge in [-0.1, -0.05) is 42.5 Å². The van der Waals surface area contributed by atoms with Crippen LogP contribution in [-0.4, -0.2) is 29.5 Å². The Labute approximate surface area is 217 Å². The molecule has 3 heteroatoms. The van der Waals surface area contributed by atoms with E-state index in [1.54, 1.807) is 17.7 Å². The van der Waals surface area contributed by atoms with Crippen LogP contribution in [0.15, 0.2) is 79.5 Å². The minimum atomic E-state index is -0.146. The minimum absolute atomic E-state index is 0. The van der Waals surface area contributed by atoms with Crippen LogP contribution >= 0.6 is 0 Å². The number of fused-ring (bicyclic) bond motifs is 1. The first-order chi connectivity index (χ1) is 17.7. The lowest BCUT2D eigenvalue weighted by Crippen LogP contribution is -2.35. The van der Waals surface area contributed by atoms with Gasteiger partial charge in [0.05, 0.1) is 5.69 Å². The molecule has 190 valence electrons. The van der Waals surface area contributed by atoms with E-state index in [0.29, 0.717) is 0 Å². The lowest BCUT2D eigenvalue weighted by molar-refractivity contribution is 0.165. The largest absolute Gasteiger partial charge is 0.303 e. The van der Waals surface area contributed by atoms with Crippen molar-refractivity contribution in [2.24, 2.45) is 11.8 Å². The van der Waals surface area contributed by atoms with E-state index >= 15 is 0 Å². The van der Waals surface area contributed by atoms with Crippen molar-refractivity contribution in [2.75, 3.05) is 19.6 Å². The van der Waals surface area contributed by atoms with E-state index in [-0.39, 0.29) is 13.2 Å². The number of hydrogen-bond donors (Lipinski definition) is 0. The number of likely N-dealkylation sites (tertiary alicyclic amines) is 1. The average molecular weight is 485 g/mol. The molecule has 1 aliphatic carbocycles. The summed E-state index contributed by atoms with van der Waals surface area (Å²) in [5.74, 6) is 1.71. The molecule has 2 atom stereocenters. The molecule has 1 aliphatic heterocycles. The first kappa shape index (κ1) is 24.9. The normalized spacial score (nSPS) is 19.9. The molecule has 1 fully saturated rings. The van der Waals surface area contributed by atoms with Crippen LogP contribution in [0.25, 0.3) is 0 Å². The number of aryl methyl sites for hydroxylation is 2. The molecule has 0 spiro atoms. The van der Waals surface area contributed by atoms with E-state index in [0.717, 1.165) is 30.5 Å². The Bertz CT molecular complexity index is 1120. The Morgan fingerprint density at radius 1 is 0.944 bits per heavy atom. The Hall–Kier alpha value is -2.78. The van der Waals surface area contributed by atoms with Crippen LogP contribution in [0, 0.1) is 17.7 Å². The highest BCUT2D eigenvalue weighted by Gasteiger charge is 2.24. The third-order valence-electron chi connectivity index (χ3n) is 8.48. The number of aromatic nitrogens is 1. The molecule has 36 heavy (non-hydrogen) atoms. The van der Waals surface area contributed by atoms with Gasteiger partial charge < -0.3 is 4.90 Å². The third-order valence-corrected chi connectivity index (χ3v) is 8.48. The highest BCUT2D eigenvalue weighted by molar-refractivity contribution is 5.40. The molecule has 0 bridgehead atoms. The number of piperidine rings is 1. The Kier molecular flexibility index (Phi) is 8.28. The van der Waals surface area contributed by atoms with Gasteiger partial charge in [0.2, 0.25) is 0 Å². The van der Waals surface area contributed by atoms with Gasteiger partial charge in [0.25, 0.3) is 0 Å². The summed E-state index contributed by atoms with van der Waals surface area (Å²) in [5.41, 5.74) is 6.70. The van der Waals surface area contributed by atoms with Crippen LogP contribution in [0.5, 0.6) is 0 Å². The molecular formula is C33H41FN2. The van der Waals surface area contributed by atoms with Gasteiger partial charge in [0.15, 0.2) is 0 Å². The van der Waals surface area contributed by atoms with Gasteiger partial charge in [0, 0.05) is 20.1 Å². The number of allylic oxidation sites excluding steroid dienone is 1. The summed E-state index contributed by atoms with van der Waals surface area (Å²) in [6.45, 7) is 7.60. The summed E-state index contributed by atoms with van der Waals surface area (Å²) < 4.78 is 13.1. The summed E-state index contributed by atoms with van der Waals surface area (Å²) in [6.07, 6.45) is 14.0. The van der Waals surface area contributed by atoms with Crippen molar-refractivity contribution >= 4 is 0 Å². The molecule has 2 unspecified atom stereocenters. The van der Waals surface area contributed by atoms with E-state index < -0.39 is 0 Å². The number of rotatable bonds is 8. The first-order valence-electron chi connectivity index (χ1n) is 13.8. The predicted octanol–water partition coefficient (Wildman–Crippen LogP) is 7.62. The zero-order valence-corrected chi connectivity index (χ0v) is 21.4. The van der Waals surface area contributed by atoms with Crippen molar-refractivity contribution in [1.82, 2.24) is 9.88 Å². The molecule has 0 amide bonds. The second kappa shape index (κ2) is 12.0. The highest BCUT2D eigenvalue weighted by Crippen LogP contribution is 2.34. The minimum Gasteiger partial charge on any atom is -0.303 e. The number of halogens is 1. The highest BCUT2D eigenvalue weighted by atomic mass is 19.1. The molecule has 1 saturated heterocycles. The number of pyridine rings is 1. The predicted molar refractivity (Wildman–Crippen MR) is 149 cm³/mol. The van der Waals surface area contributed by atoms with Crippen LogP contribution in [0.1, 0.15) is 67.4 Å². The summed E-state index contributed by atoms with van der Waals surface area (Å²) in [6, 6.07) is 20.2. The van der Waals surface area contributed by atoms with Crippen molar-refractivity contribution in [1.29, 1.82) is 0 Å². The quantitative estimate of drug-likeness (QED) is 0.241. The van der Waals surface area contributed by atoms with Crippen molar-refractivity contribution in [3.63, 3.8) is 0 Å². The summed E-state index contributed by atoms with van der Waals surface area (Å²) in [5, 5.41) is 0. The van der Waals surface area contributed by atoms with Gasteiger partial charge in [-0.2, -0.15) is 0 Å². The maximum absolute atomic E-state index is 13.1. The molecule has 1 aromatic heterocycles. The Morgan fingerprint density at radius 3 is 2.42 bits per heavy atom. The molecule has 0 saturated carbocycles. The topological polar surface area (TPSA) is 16.1 Å². The second-order valence-electron chi connectivity index (χ2n) is 10.8. The Balaban J connectivity index is 0.00000320. The zero-order chi connectivity index (χ0) is 24.7. The molecule has 2 aromatic carbocycles. The van der Waals surface area contributed by atoms with Crippen LogP contribution in [0.2, 0.25) is 0 Å². The fourth-order valence-electron chi connectivity index (χ4n) is 6.26. The van der Waals surface area contributed by atoms with E-state index in [2.05, 4.69) is 46.8 Å². The molecule has 0 radical (unpaired) electrons. The lowest BCUT2D eigenvalue weighted by atomic mass is 9.83. The van der Waals surface area contributed by atoms with Crippen molar-refractivity contribution < 1.29 is 5.82 Å². The van der Waals surface area contributed by atoms with Crippen molar-refractivity contribution in [2.45, 2.75) is 57.3 Å². The molecular weight excluding hydrogens is 443 g/mol. The average Bonchev–Trinajstić information content (AvgIpc) is 3.12. The summed E-state index contributed by atoms with van der Waals surface area (Å²) in [7, 11) is 0. The molecule has 2 heterocycles. The monoisotopic (exact) mass is 484 g/mol. The molecule has 0 N–H and O–H groups in total. The van der Waals surface area contributed by atoms with E-state index in [9.17, 15) is 4.39 Å². The lowest BCUT2D eigenvalue weighted by Gasteiger charge is -2.33. The van der Waals surface area contributed by atoms with Crippen molar-refractivity contribution in [3.05, 3.63) is 113 Å².